The molecule has 3 aliphatic rings. The van der Waals surface area contributed by atoms with E-state index in [2.05, 4.69) is 37.4 Å². The van der Waals surface area contributed by atoms with E-state index in [9.17, 15) is 0 Å². The predicted molar refractivity (Wildman–Crippen MR) is 76.4 cm³/mol. The molecule has 1 aromatic rings. The van der Waals surface area contributed by atoms with Gasteiger partial charge in [-0.15, -0.1) is 0 Å². The molecule has 0 unspecified atom stereocenters. The maximum atomic E-state index is 2.45. The first-order chi connectivity index (χ1) is 8.70. The van der Waals surface area contributed by atoms with Gasteiger partial charge in [-0.05, 0) is 30.2 Å². The summed E-state index contributed by atoms with van der Waals surface area (Å²) in [7, 11) is 2.45. The van der Waals surface area contributed by atoms with Crippen LogP contribution in [0.3, 0.4) is 0 Å². The van der Waals surface area contributed by atoms with E-state index in [-0.39, 0.29) is 0 Å². The van der Waals surface area contributed by atoms with Crippen molar-refractivity contribution in [2.45, 2.75) is 38.5 Å². The summed E-state index contributed by atoms with van der Waals surface area (Å²) in [5.74, 6) is 0. The largest absolute Gasteiger partial charge is 0.326 e. The van der Waals surface area contributed by atoms with E-state index in [4.69, 9.17) is 0 Å². The number of hydrogen-bond donors (Lipinski definition) is 0. The molecular formula is C17H26N+. The fourth-order valence-corrected chi connectivity index (χ4v) is 3.92. The van der Waals surface area contributed by atoms with Crippen molar-refractivity contribution >= 4 is 0 Å². The first-order valence-corrected chi connectivity index (χ1v) is 7.57. The Kier molecular flexibility index (Phi) is 3.19. The lowest BCUT2D eigenvalue weighted by atomic mass is 9.68. The Balaban J connectivity index is 1.52. The smallest absolute Gasteiger partial charge is 0.0790 e. The molecule has 0 atom stereocenters. The van der Waals surface area contributed by atoms with Crippen LogP contribution in [0.2, 0.25) is 0 Å². The molecule has 0 aromatic heterocycles. The average molecular weight is 244 g/mol. The number of quaternary nitrogens is 1. The fourth-order valence-electron chi connectivity index (χ4n) is 3.92. The van der Waals surface area contributed by atoms with Gasteiger partial charge in [-0.2, -0.15) is 0 Å². The number of hydrogen-bond acceptors (Lipinski definition) is 0. The summed E-state index contributed by atoms with van der Waals surface area (Å²) < 4.78 is 1.36. The highest BCUT2D eigenvalue weighted by molar-refractivity contribution is 5.14. The molecule has 0 spiro atoms. The van der Waals surface area contributed by atoms with E-state index in [1.807, 2.05) is 0 Å². The Labute approximate surface area is 111 Å². The summed E-state index contributed by atoms with van der Waals surface area (Å²) in [4.78, 5) is 0. The molecule has 98 valence electrons. The second kappa shape index (κ2) is 4.70. The molecule has 1 nitrogen and oxygen atoms in total. The quantitative estimate of drug-likeness (QED) is 0.709. The summed E-state index contributed by atoms with van der Waals surface area (Å²) in [6.07, 6.45) is 8.57. The van der Waals surface area contributed by atoms with Gasteiger partial charge in [0.2, 0.25) is 0 Å². The lowest BCUT2D eigenvalue weighted by molar-refractivity contribution is -0.927. The van der Waals surface area contributed by atoms with Crippen molar-refractivity contribution in [2.24, 2.45) is 5.41 Å². The molecule has 1 aromatic carbocycles. The zero-order valence-corrected chi connectivity index (χ0v) is 11.7. The SMILES string of the molecule is C[N+]12CCC(CCCc3ccccc3)(CC1)CC2. The van der Waals surface area contributed by atoms with Gasteiger partial charge in [0.05, 0.1) is 26.7 Å². The van der Waals surface area contributed by atoms with Crippen LogP contribution < -0.4 is 0 Å². The molecule has 0 amide bonds. The minimum atomic E-state index is 0.727. The van der Waals surface area contributed by atoms with Gasteiger partial charge in [-0.1, -0.05) is 30.3 Å². The summed E-state index contributed by atoms with van der Waals surface area (Å²) >= 11 is 0. The van der Waals surface area contributed by atoms with E-state index in [1.54, 1.807) is 0 Å². The topological polar surface area (TPSA) is 0 Å². The van der Waals surface area contributed by atoms with Crippen LogP contribution >= 0.6 is 0 Å². The second-order valence-corrected chi connectivity index (χ2v) is 6.88. The molecule has 0 radical (unpaired) electrons. The molecule has 3 aliphatic heterocycles. The Morgan fingerprint density at radius 1 is 1.00 bits per heavy atom. The van der Waals surface area contributed by atoms with Crippen molar-refractivity contribution in [3.05, 3.63) is 35.9 Å². The minimum Gasteiger partial charge on any atom is -0.326 e. The first kappa shape index (κ1) is 12.2. The number of rotatable bonds is 4. The molecule has 4 rings (SSSR count). The molecule has 0 N–H and O–H groups in total. The number of fused-ring (bicyclic) bond motifs is 3. The van der Waals surface area contributed by atoms with Crippen LogP contribution in [0.4, 0.5) is 0 Å². The molecule has 2 bridgehead atoms. The van der Waals surface area contributed by atoms with E-state index < -0.39 is 0 Å². The molecule has 0 saturated carbocycles. The molecule has 3 heterocycles. The third-order valence-electron chi connectivity index (χ3n) is 5.56. The van der Waals surface area contributed by atoms with Gasteiger partial charge in [0, 0.05) is 19.3 Å². The number of piperidine rings is 3. The molecular weight excluding hydrogens is 218 g/mol. The lowest BCUT2D eigenvalue weighted by Gasteiger charge is -2.53. The van der Waals surface area contributed by atoms with Crippen LogP contribution in [0.15, 0.2) is 30.3 Å². The lowest BCUT2D eigenvalue weighted by Crippen LogP contribution is -2.59. The Bertz CT molecular complexity index is 371. The first-order valence-electron chi connectivity index (χ1n) is 7.57. The Hall–Kier alpha value is -0.820. The van der Waals surface area contributed by atoms with Gasteiger partial charge in [-0.25, -0.2) is 0 Å². The fraction of sp³-hybridized carbons (Fsp3) is 0.647. The summed E-state index contributed by atoms with van der Waals surface area (Å²) in [6.45, 7) is 4.31. The van der Waals surface area contributed by atoms with Gasteiger partial charge in [0.15, 0.2) is 0 Å². The van der Waals surface area contributed by atoms with Crippen LogP contribution in [-0.4, -0.2) is 31.2 Å². The van der Waals surface area contributed by atoms with Gasteiger partial charge in [0.1, 0.15) is 0 Å². The standard InChI is InChI=1S/C17H26N/c1-18-13-10-17(11-14-18,12-15-18)9-5-8-16-6-3-2-4-7-16/h2-4,6-7H,5,8-15H2,1H3/q+1. The van der Waals surface area contributed by atoms with E-state index in [1.165, 1.54) is 68.2 Å². The minimum absolute atomic E-state index is 0.727. The normalized spacial score (nSPS) is 34.7. The zero-order chi connectivity index (χ0) is 12.5. The molecule has 1 heteroatoms. The van der Waals surface area contributed by atoms with E-state index in [0.29, 0.717) is 0 Å². The average Bonchev–Trinajstić information content (AvgIpc) is 2.42. The Morgan fingerprint density at radius 3 is 2.22 bits per heavy atom. The number of benzene rings is 1. The maximum absolute atomic E-state index is 2.45. The molecule has 3 saturated heterocycles. The van der Waals surface area contributed by atoms with Crippen molar-refractivity contribution in [1.82, 2.24) is 0 Å². The maximum Gasteiger partial charge on any atom is 0.0790 e. The van der Waals surface area contributed by atoms with Gasteiger partial charge >= 0.3 is 0 Å². The van der Waals surface area contributed by atoms with Crippen molar-refractivity contribution in [3.8, 4) is 0 Å². The van der Waals surface area contributed by atoms with Crippen LogP contribution in [0.25, 0.3) is 0 Å². The highest BCUT2D eigenvalue weighted by Gasteiger charge is 2.46. The van der Waals surface area contributed by atoms with Crippen molar-refractivity contribution in [3.63, 3.8) is 0 Å². The predicted octanol–water partition coefficient (Wildman–Crippen LogP) is 3.64. The van der Waals surface area contributed by atoms with E-state index >= 15 is 0 Å². The summed E-state index contributed by atoms with van der Waals surface area (Å²) in [6, 6.07) is 11.0. The van der Waals surface area contributed by atoms with Crippen molar-refractivity contribution in [2.75, 3.05) is 26.7 Å². The van der Waals surface area contributed by atoms with Gasteiger partial charge < -0.3 is 4.48 Å². The monoisotopic (exact) mass is 244 g/mol. The van der Waals surface area contributed by atoms with Crippen LogP contribution in [-0.2, 0) is 6.42 Å². The van der Waals surface area contributed by atoms with Crippen molar-refractivity contribution < 1.29 is 4.48 Å². The molecule has 0 aliphatic carbocycles. The number of nitrogens with zero attached hydrogens (tertiary/aromatic N) is 1. The van der Waals surface area contributed by atoms with Crippen molar-refractivity contribution in [1.29, 1.82) is 0 Å². The van der Waals surface area contributed by atoms with Crippen LogP contribution in [0.5, 0.6) is 0 Å². The Morgan fingerprint density at radius 2 is 1.61 bits per heavy atom. The highest BCUT2D eigenvalue weighted by atomic mass is 15.3. The number of aryl methyl sites for hydroxylation is 1. The zero-order valence-electron chi connectivity index (χ0n) is 11.7. The summed E-state index contributed by atoms with van der Waals surface area (Å²) in [5, 5.41) is 0. The molecule has 3 fully saturated rings. The van der Waals surface area contributed by atoms with Crippen LogP contribution in [0, 0.1) is 5.41 Å². The molecule has 18 heavy (non-hydrogen) atoms. The second-order valence-electron chi connectivity index (χ2n) is 6.88. The van der Waals surface area contributed by atoms with Gasteiger partial charge in [-0.3, -0.25) is 0 Å². The third-order valence-corrected chi connectivity index (χ3v) is 5.56. The highest BCUT2D eigenvalue weighted by Crippen LogP contribution is 2.46. The van der Waals surface area contributed by atoms with Crippen LogP contribution in [0.1, 0.15) is 37.7 Å². The summed E-state index contributed by atoms with van der Waals surface area (Å²) in [5.41, 5.74) is 2.24. The van der Waals surface area contributed by atoms with Gasteiger partial charge in [0.25, 0.3) is 0 Å². The van der Waals surface area contributed by atoms with E-state index in [0.717, 1.165) is 5.41 Å². The third kappa shape index (κ3) is 2.47.